The second-order valence-corrected chi connectivity index (χ2v) is 14.9. The van der Waals surface area contributed by atoms with Crippen LogP contribution in [0.5, 0.6) is 0 Å². The zero-order chi connectivity index (χ0) is 38.5. The Kier molecular flexibility index (Phi) is 11.6. The maximum atomic E-state index is 13.3. The average Bonchev–Trinajstić information content (AvgIpc) is 3.80. The molecule has 4 aliphatic rings. The molecule has 0 radical (unpaired) electrons. The van der Waals surface area contributed by atoms with E-state index in [0.29, 0.717) is 19.6 Å². The van der Waals surface area contributed by atoms with Crippen molar-refractivity contribution in [3.63, 3.8) is 0 Å². The summed E-state index contributed by atoms with van der Waals surface area (Å²) in [7, 11) is 0. The van der Waals surface area contributed by atoms with Gasteiger partial charge in [0, 0.05) is 44.5 Å². The van der Waals surface area contributed by atoms with Crippen molar-refractivity contribution in [1.29, 1.82) is 0 Å². The molecule has 1 spiro atoms. The highest BCUT2D eigenvalue weighted by molar-refractivity contribution is 6.06. The van der Waals surface area contributed by atoms with Crippen LogP contribution in [0.1, 0.15) is 65.9 Å². The Bertz CT molecular complexity index is 1990. The van der Waals surface area contributed by atoms with Crippen LogP contribution < -0.4 is 5.32 Å². The molecule has 4 fully saturated rings. The predicted octanol–water partition coefficient (Wildman–Crippen LogP) is 5.78. The molecule has 56 heavy (non-hydrogen) atoms. The van der Waals surface area contributed by atoms with Gasteiger partial charge < -0.3 is 39.0 Å². The lowest BCUT2D eigenvalue weighted by molar-refractivity contribution is -0.255. The number of rotatable bonds is 11. The van der Waals surface area contributed by atoms with Crippen molar-refractivity contribution in [2.75, 3.05) is 32.8 Å². The van der Waals surface area contributed by atoms with Crippen molar-refractivity contribution < 1.29 is 43.2 Å². The van der Waals surface area contributed by atoms with Gasteiger partial charge in [0.05, 0.1) is 45.0 Å². The molecule has 292 valence electrons. The van der Waals surface area contributed by atoms with Crippen LogP contribution >= 0.6 is 0 Å². The highest BCUT2D eigenvalue weighted by Crippen LogP contribution is 2.40. The molecule has 2 N–H and O–H groups in total. The van der Waals surface area contributed by atoms with E-state index in [9.17, 15) is 19.5 Å². The number of ether oxygens (including phenoxy) is 5. The highest BCUT2D eigenvalue weighted by Gasteiger charge is 2.42. The van der Waals surface area contributed by atoms with Crippen molar-refractivity contribution in [2.24, 2.45) is 0 Å². The molecule has 12 heteroatoms. The molecular weight excluding hydrogens is 714 g/mol. The number of amides is 3. The fourth-order valence-electron chi connectivity index (χ4n) is 7.95. The number of carbonyl (C=O) groups is 3. The Morgan fingerprint density at radius 3 is 2.27 bits per heavy atom. The number of carbonyl (C=O) groups excluding carboxylic acids is 3. The molecule has 0 aromatic heterocycles. The van der Waals surface area contributed by atoms with Crippen LogP contribution in [0.25, 0.3) is 11.1 Å². The fraction of sp³-hybridized carbons (Fsp3) is 0.386. The molecule has 0 bridgehead atoms. The number of nitrogens with one attached hydrogen (secondary N) is 1. The van der Waals surface area contributed by atoms with Gasteiger partial charge in [0.1, 0.15) is 12.6 Å². The summed E-state index contributed by atoms with van der Waals surface area (Å²) in [6, 6.07) is 31.9. The number of alkyl carbamates (subject to hydrolysis) is 1. The van der Waals surface area contributed by atoms with Crippen LogP contribution in [0.4, 0.5) is 4.79 Å². The summed E-state index contributed by atoms with van der Waals surface area (Å²) < 4.78 is 30.5. The molecule has 4 aromatic rings. The zero-order valence-corrected chi connectivity index (χ0v) is 31.2. The molecule has 4 saturated heterocycles. The minimum Gasteiger partial charge on any atom is -0.445 e. The van der Waals surface area contributed by atoms with Gasteiger partial charge in [0.15, 0.2) is 12.1 Å². The summed E-state index contributed by atoms with van der Waals surface area (Å²) in [4.78, 5) is 42.3. The van der Waals surface area contributed by atoms with Crippen molar-refractivity contribution in [3.8, 4) is 11.1 Å². The van der Waals surface area contributed by atoms with Crippen LogP contribution in [0.2, 0.25) is 0 Å². The number of aliphatic hydroxyl groups excluding tert-OH is 1. The first-order valence-electron chi connectivity index (χ1n) is 19.3. The lowest BCUT2D eigenvalue weighted by atomic mass is 9.97. The normalized spacial score (nSPS) is 23.8. The van der Waals surface area contributed by atoms with E-state index in [1.54, 1.807) is 0 Å². The van der Waals surface area contributed by atoms with E-state index in [4.69, 9.17) is 23.7 Å². The van der Waals surface area contributed by atoms with Crippen molar-refractivity contribution in [2.45, 2.75) is 75.8 Å². The predicted molar refractivity (Wildman–Crippen MR) is 204 cm³/mol. The number of nitrogens with zero attached hydrogens (tertiary/aromatic N) is 2. The molecule has 4 aromatic carbocycles. The number of piperidine rings is 1. The van der Waals surface area contributed by atoms with Gasteiger partial charge in [-0.25, -0.2) is 4.79 Å². The van der Waals surface area contributed by atoms with Gasteiger partial charge >= 0.3 is 6.09 Å². The third-order valence-electron chi connectivity index (χ3n) is 11.0. The molecule has 4 heterocycles. The Morgan fingerprint density at radius 1 is 0.804 bits per heavy atom. The molecular formula is C44H47N3O9. The van der Waals surface area contributed by atoms with Gasteiger partial charge in [0.2, 0.25) is 5.91 Å². The number of likely N-dealkylation sites (tertiary alicyclic amines) is 2. The van der Waals surface area contributed by atoms with E-state index < -0.39 is 30.1 Å². The first-order valence-corrected chi connectivity index (χ1v) is 19.3. The van der Waals surface area contributed by atoms with Gasteiger partial charge in [-0.3, -0.25) is 14.5 Å². The number of hydrogen-bond donors (Lipinski definition) is 2. The number of benzene rings is 4. The first-order chi connectivity index (χ1) is 27.3. The monoisotopic (exact) mass is 761 g/mol. The Labute approximate surface area is 326 Å². The molecule has 1 unspecified atom stereocenters. The van der Waals surface area contributed by atoms with Crippen LogP contribution in [-0.2, 0) is 53.0 Å². The quantitative estimate of drug-likeness (QED) is 0.181. The summed E-state index contributed by atoms with van der Waals surface area (Å²) in [5, 5.41) is 12.2. The lowest BCUT2D eigenvalue weighted by Gasteiger charge is -2.41. The SMILES string of the molecule is O=C(NC1CC(=O)N(Cc2cccc(-c3cccc([C@H]4O[C@@H](CN5CCC6(CC5)OCCO6)C[C@@H](c5ccc(CO)cc5)O4)c3)c2)C1=O)OCc1ccccc1. The van der Waals surface area contributed by atoms with Crippen LogP contribution in [0.15, 0.2) is 103 Å². The summed E-state index contributed by atoms with van der Waals surface area (Å²) in [5.41, 5.74) is 6.18. The second kappa shape index (κ2) is 17.0. The van der Waals surface area contributed by atoms with E-state index in [1.165, 1.54) is 4.90 Å². The lowest BCUT2D eigenvalue weighted by Crippen LogP contribution is -2.48. The minimum absolute atomic E-state index is 0.0214. The van der Waals surface area contributed by atoms with Gasteiger partial charge in [-0.2, -0.15) is 0 Å². The van der Waals surface area contributed by atoms with E-state index >= 15 is 0 Å². The largest absolute Gasteiger partial charge is 0.445 e. The van der Waals surface area contributed by atoms with Crippen molar-refractivity contribution >= 4 is 17.9 Å². The van der Waals surface area contributed by atoms with Crippen molar-refractivity contribution in [3.05, 3.63) is 131 Å². The van der Waals surface area contributed by atoms with E-state index in [-0.39, 0.29) is 44.3 Å². The molecule has 3 amide bonds. The molecule has 8 rings (SSSR count). The summed E-state index contributed by atoms with van der Waals surface area (Å²) >= 11 is 0. The Balaban J connectivity index is 0.939. The molecule has 0 aliphatic carbocycles. The molecule has 4 atom stereocenters. The summed E-state index contributed by atoms with van der Waals surface area (Å²) in [6.07, 6.45) is 0.532. The molecule has 4 aliphatic heterocycles. The Hall–Kier alpha value is -4.95. The third-order valence-corrected chi connectivity index (χ3v) is 11.0. The van der Waals surface area contributed by atoms with Crippen molar-refractivity contribution in [1.82, 2.24) is 15.1 Å². The number of hydrogen-bond acceptors (Lipinski definition) is 10. The highest BCUT2D eigenvalue weighted by atomic mass is 16.7. The van der Waals surface area contributed by atoms with Crippen LogP contribution in [0, 0.1) is 0 Å². The number of imide groups is 1. The molecule has 0 saturated carbocycles. The number of aliphatic hydroxyl groups is 1. The second-order valence-electron chi connectivity index (χ2n) is 14.9. The Morgan fingerprint density at radius 2 is 1.52 bits per heavy atom. The van der Waals surface area contributed by atoms with Gasteiger partial charge in [-0.15, -0.1) is 0 Å². The van der Waals surface area contributed by atoms with Gasteiger partial charge in [0.25, 0.3) is 5.91 Å². The topological polar surface area (TPSA) is 136 Å². The first kappa shape index (κ1) is 37.9. The average molecular weight is 762 g/mol. The third kappa shape index (κ3) is 8.86. The minimum atomic E-state index is -0.983. The van der Waals surface area contributed by atoms with E-state index in [1.807, 2.05) is 97.1 Å². The smallest absolute Gasteiger partial charge is 0.408 e. The summed E-state index contributed by atoms with van der Waals surface area (Å²) in [5.74, 6) is -1.27. The van der Waals surface area contributed by atoms with Gasteiger partial charge in [-0.1, -0.05) is 91.0 Å². The van der Waals surface area contributed by atoms with Crippen LogP contribution in [0.3, 0.4) is 0 Å². The zero-order valence-electron chi connectivity index (χ0n) is 31.2. The van der Waals surface area contributed by atoms with Crippen LogP contribution in [-0.4, -0.2) is 83.6 Å². The molecule has 12 nitrogen and oxygen atoms in total. The summed E-state index contributed by atoms with van der Waals surface area (Å²) in [6.45, 7) is 3.89. The van der Waals surface area contributed by atoms with Gasteiger partial charge in [-0.05, 0) is 45.5 Å². The van der Waals surface area contributed by atoms with E-state index in [2.05, 4.69) is 16.3 Å². The maximum absolute atomic E-state index is 13.3. The van der Waals surface area contributed by atoms with E-state index in [0.717, 1.165) is 71.4 Å². The standard InChI is InChI=1S/C44H47N3O9/c48-28-30-12-14-33(15-13-30)39-24-37(27-46-18-16-44(17-19-46)53-20-21-54-44)55-42(56-39)36-11-5-10-35(23-36)34-9-4-8-32(22-34)26-47-40(49)25-38(41(47)50)45-43(51)52-29-31-6-2-1-3-7-31/h1-15,22-23,37-39,42,48H,16-21,24-29H2,(H,45,51)/t37-,38?,39+,42+/m1/s1. The maximum Gasteiger partial charge on any atom is 0.408 e. The fourth-order valence-corrected chi connectivity index (χ4v) is 7.95.